The first-order chi connectivity index (χ1) is 13.7. The van der Waals surface area contributed by atoms with E-state index in [2.05, 4.69) is 20.9 Å². The van der Waals surface area contributed by atoms with Gasteiger partial charge in [-0.3, -0.25) is 14.9 Å². The van der Waals surface area contributed by atoms with Gasteiger partial charge in [0.25, 0.3) is 0 Å². The molecule has 3 aromatic rings. The number of likely N-dealkylation sites (tertiary alicyclic amines) is 1. The van der Waals surface area contributed by atoms with E-state index in [1.807, 2.05) is 12.1 Å². The van der Waals surface area contributed by atoms with E-state index < -0.39 is 11.7 Å². The van der Waals surface area contributed by atoms with E-state index in [1.54, 1.807) is 61.2 Å². The molecule has 0 bridgehead atoms. The van der Waals surface area contributed by atoms with Crippen LogP contribution in [0, 0.1) is 11.3 Å². The number of nitrogens with zero attached hydrogens (tertiary/aromatic N) is 4. The first kappa shape index (κ1) is 18.3. The topological polar surface area (TPSA) is 52.8 Å². The number of nitriles is 1. The molecule has 0 saturated carbocycles. The molecule has 1 aliphatic heterocycles. The van der Waals surface area contributed by atoms with Crippen LogP contribution in [0.3, 0.4) is 0 Å². The SMILES string of the molecule is N#Cc1cccc(C(N2CCCC2)C(F)(c2cccnc2)c2cccnc2)c1. The highest BCUT2D eigenvalue weighted by atomic mass is 19.1. The summed E-state index contributed by atoms with van der Waals surface area (Å²) in [5.41, 5.74) is 0.447. The molecule has 0 amide bonds. The summed E-state index contributed by atoms with van der Waals surface area (Å²) in [6.45, 7) is 1.63. The minimum atomic E-state index is -1.85. The van der Waals surface area contributed by atoms with Crippen LogP contribution in [-0.4, -0.2) is 28.0 Å². The third-order valence-corrected chi connectivity index (χ3v) is 5.38. The molecule has 0 radical (unpaired) electrons. The van der Waals surface area contributed by atoms with Crippen LogP contribution in [0.4, 0.5) is 4.39 Å². The number of halogens is 1. The van der Waals surface area contributed by atoms with E-state index in [1.165, 1.54) is 0 Å². The third kappa shape index (κ3) is 3.28. The summed E-state index contributed by atoms with van der Waals surface area (Å²) < 4.78 is 17.3. The highest BCUT2D eigenvalue weighted by Gasteiger charge is 2.47. The van der Waals surface area contributed by atoms with E-state index in [0.717, 1.165) is 31.5 Å². The van der Waals surface area contributed by atoms with Gasteiger partial charge in [0.15, 0.2) is 5.67 Å². The van der Waals surface area contributed by atoms with E-state index in [4.69, 9.17) is 0 Å². The number of hydrogen-bond donors (Lipinski definition) is 0. The fourth-order valence-electron chi connectivity index (χ4n) is 4.11. The van der Waals surface area contributed by atoms with E-state index >= 15 is 4.39 Å². The average Bonchev–Trinajstić information content (AvgIpc) is 3.29. The molecule has 1 saturated heterocycles. The predicted molar refractivity (Wildman–Crippen MR) is 105 cm³/mol. The van der Waals surface area contributed by atoms with Gasteiger partial charge in [-0.2, -0.15) is 5.26 Å². The lowest BCUT2D eigenvalue weighted by atomic mass is 9.79. The van der Waals surface area contributed by atoms with Gasteiger partial charge in [-0.25, -0.2) is 4.39 Å². The summed E-state index contributed by atoms with van der Waals surface area (Å²) in [5.74, 6) is 0. The van der Waals surface area contributed by atoms with Crippen LogP contribution in [-0.2, 0) is 5.67 Å². The van der Waals surface area contributed by atoms with E-state index in [0.29, 0.717) is 16.7 Å². The molecule has 28 heavy (non-hydrogen) atoms. The number of alkyl halides is 1. The van der Waals surface area contributed by atoms with Crippen LogP contribution in [0.2, 0.25) is 0 Å². The minimum absolute atomic E-state index is 0.488. The molecular formula is C23H21FN4. The van der Waals surface area contributed by atoms with Crippen LogP contribution >= 0.6 is 0 Å². The molecule has 0 spiro atoms. The molecule has 4 nitrogen and oxygen atoms in total. The Labute approximate surface area is 164 Å². The maximum atomic E-state index is 17.3. The molecule has 0 aliphatic carbocycles. The second-order valence-corrected chi connectivity index (χ2v) is 7.08. The largest absolute Gasteiger partial charge is 0.293 e. The molecule has 2 aromatic heterocycles. The van der Waals surface area contributed by atoms with Crippen molar-refractivity contribution in [3.8, 4) is 6.07 Å². The molecule has 1 aliphatic rings. The van der Waals surface area contributed by atoms with Gasteiger partial charge >= 0.3 is 0 Å². The predicted octanol–water partition coefficient (Wildman–Crippen LogP) is 4.40. The minimum Gasteiger partial charge on any atom is -0.293 e. The number of rotatable bonds is 5. The fraction of sp³-hybridized carbons (Fsp3) is 0.261. The molecule has 1 aromatic carbocycles. The Bertz CT molecular complexity index is 923. The molecule has 140 valence electrons. The van der Waals surface area contributed by atoms with Gasteiger partial charge in [0, 0.05) is 35.9 Å². The standard InChI is InChI=1S/C23H21FN4/c24-23(20-8-4-10-26-16-20,21-9-5-11-27-17-21)22(28-12-1-2-13-28)19-7-3-6-18(14-19)15-25/h3-11,14,16-17,22H,1-2,12-13H2. The van der Waals surface area contributed by atoms with E-state index in [-0.39, 0.29) is 0 Å². The summed E-state index contributed by atoms with van der Waals surface area (Å²) in [7, 11) is 0. The van der Waals surface area contributed by atoms with Gasteiger partial charge in [0.2, 0.25) is 0 Å². The number of hydrogen-bond acceptors (Lipinski definition) is 4. The zero-order valence-corrected chi connectivity index (χ0v) is 15.5. The van der Waals surface area contributed by atoms with Gasteiger partial charge in [-0.05, 0) is 55.8 Å². The molecule has 1 fully saturated rings. The molecule has 5 heteroatoms. The smallest absolute Gasteiger partial charge is 0.183 e. The van der Waals surface area contributed by atoms with Crippen molar-refractivity contribution in [3.05, 3.63) is 95.6 Å². The van der Waals surface area contributed by atoms with Crippen LogP contribution in [0.5, 0.6) is 0 Å². The van der Waals surface area contributed by atoms with Crippen molar-refractivity contribution < 1.29 is 4.39 Å². The van der Waals surface area contributed by atoms with Crippen molar-refractivity contribution in [2.24, 2.45) is 0 Å². The Kier molecular flexibility index (Phi) is 5.14. The zero-order valence-electron chi connectivity index (χ0n) is 15.5. The Morgan fingerprint density at radius 1 is 0.964 bits per heavy atom. The lowest BCUT2D eigenvalue weighted by Crippen LogP contribution is -2.41. The molecule has 1 unspecified atom stereocenters. The maximum Gasteiger partial charge on any atom is 0.183 e. The Morgan fingerprint density at radius 3 is 2.14 bits per heavy atom. The summed E-state index contributed by atoms with van der Waals surface area (Å²) >= 11 is 0. The Morgan fingerprint density at radius 2 is 1.61 bits per heavy atom. The lowest BCUT2D eigenvalue weighted by molar-refractivity contribution is 0.0644. The van der Waals surface area contributed by atoms with Gasteiger partial charge in [-0.1, -0.05) is 24.3 Å². The number of aromatic nitrogens is 2. The van der Waals surface area contributed by atoms with Gasteiger partial charge in [0.05, 0.1) is 17.7 Å². The second kappa shape index (κ2) is 7.87. The number of benzene rings is 1. The van der Waals surface area contributed by atoms with Gasteiger partial charge < -0.3 is 0 Å². The van der Waals surface area contributed by atoms with Crippen LogP contribution in [0.15, 0.2) is 73.3 Å². The summed E-state index contributed by atoms with van der Waals surface area (Å²) in [6.07, 6.45) is 8.53. The van der Waals surface area contributed by atoms with Crippen LogP contribution < -0.4 is 0 Å². The molecule has 3 heterocycles. The van der Waals surface area contributed by atoms with Crippen molar-refractivity contribution in [2.45, 2.75) is 24.6 Å². The molecule has 1 atom stereocenters. The summed E-state index contributed by atoms with van der Waals surface area (Å²) in [4.78, 5) is 10.5. The molecule has 4 rings (SSSR count). The normalized spacial score (nSPS) is 15.9. The highest BCUT2D eigenvalue weighted by molar-refractivity contribution is 5.42. The van der Waals surface area contributed by atoms with Crippen LogP contribution in [0.25, 0.3) is 0 Å². The van der Waals surface area contributed by atoms with Crippen molar-refractivity contribution in [2.75, 3.05) is 13.1 Å². The molecular weight excluding hydrogens is 351 g/mol. The summed E-state index contributed by atoms with van der Waals surface area (Å²) in [6, 6.07) is 15.9. The van der Waals surface area contributed by atoms with Crippen molar-refractivity contribution in [3.63, 3.8) is 0 Å². The lowest BCUT2D eigenvalue weighted by Gasteiger charge is -2.40. The first-order valence-electron chi connectivity index (χ1n) is 9.47. The zero-order chi connectivity index (χ0) is 19.4. The second-order valence-electron chi connectivity index (χ2n) is 7.08. The Balaban J connectivity index is 1.95. The monoisotopic (exact) mass is 372 g/mol. The van der Waals surface area contributed by atoms with Gasteiger partial charge in [-0.15, -0.1) is 0 Å². The Hall–Kier alpha value is -3.10. The number of pyridine rings is 2. The van der Waals surface area contributed by atoms with E-state index in [9.17, 15) is 5.26 Å². The van der Waals surface area contributed by atoms with Crippen molar-refractivity contribution in [1.29, 1.82) is 5.26 Å². The first-order valence-corrected chi connectivity index (χ1v) is 9.47. The maximum absolute atomic E-state index is 17.3. The van der Waals surface area contributed by atoms with Gasteiger partial charge in [0.1, 0.15) is 0 Å². The highest BCUT2D eigenvalue weighted by Crippen LogP contribution is 2.48. The fourth-order valence-corrected chi connectivity index (χ4v) is 4.11. The quantitative estimate of drug-likeness (QED) is 0.666. The van der Waals surface area contributed by atoms with Crippen LogP contribution in [0.1, 0.15) is 41.1 Å². The summed E-state index contributed by atoms with van der Waals surface area (Å²) in [5, 5.41) is 9.37. The third-order valence-electron chi connectivity index (χ3n) is 5.38. The molecule has 0 N–H and O–H groups in total. The van der Waals surface area contributed by atoms with Crippen molar-refractivity contribution >= 4 is 0 Å². The average molecular weight is 372 g/mol. The van der Waals surface area contributed by atoms with Crippen molar-refractivity contribution in [1.82, 2.24) is 14.9 Å².